The Morgan fingerprint density at radius 3 is 2.53 bits per heavy atom. The number of H-pyrrole nitrogens is 1. The number of aromatic amines is 1. The van der Waals surface area contributed by atoms with Crippen LogP contribution in [0.4, 0.5) is 0 Å². The fraction of sp³-hybridized carbons (Fsp3) is 0.406. The topological polar surface area (TPSA) is 162 Å². The third-order valence-electron chi connectivity index (χ3n) is 7.41. The van der Waals surface area contributed by atoms with Crippen LogP contribution in [0.3, 0.4) is 0 Å². The number of nitrogens with one attached hydrogen (secondary N) is 4. The second-order valence-electron chi connectivity index (χ2n) is 11.1. The second kappa shape index (κ2) is 14.4. The van der Waals surface area contributed by atoms with E-state index in [-0.39, 0.29) is 30.5 Å². The van der Waals surface area contributed by atoms with Crippen molar-refractivity contribution in [2.45, 2.75) is 51.6 Å². The first-order chi connectivity index (χ1) is 20.7. The van der Waals surface area contributed by atoms with Crippen LogP contribution in [0, 0.1) is 23.2 Å². The highest BCUT2D eigenvalue weighted by molar-refractivity contribution is 6.02. The number of carbonyl (C=O) groups excluding carboxylic acids is 4. The SMILES string of the molecule is COc1cccc2[nH]c(C(=O)N[C@@H](CC(C)C)C(=O)N[C@@H](C[C@@H]3CCCNC3=O)C(=O)COc3ccc(C#N)cc3)cc12. The van der Waals surface area contributed by atoms with E-state index < -0.39 is 35.6 Å². The van der Waals surface area contributed by atoms with Crippen molar-refractivity contribution >= 4 is 34.4 Å². The van der Waals surface area contributed by atoms with E-state index in [1.54, 1.807) is 43.5 Å². The Kier molecular flexibility index (Phi) is 10.4. The number of nitriles is 1. The van der Waals surface area contributed by atoms with Crippen LogP contribution in [0.25, 0.3) is 10.9 Å². The Morgan fingerprint density at radius 1 is 1.09 bits per heavy atom. The van der Waals surface area contributed by atoms with Gasteiger partial charge in [-0.2, -0.15) is 5.26 Å². The number of hydrogen-bond acceptors (Lipinski definition) is 7. The van der Waals surface area contributed by atoms with Crippen LogP contribution in [0.5, 0.6) is 11.5 Å². The molecule has 226 valence electrons. The number of carbonyl (C=O) groups is 4. The first kappa shape index (κ1) is 31.1. The third kappa shape index (κ3) is 8.13. The molecule has 3 atom stereocenters. The quantitative estimate of drug-likeness (QED) is 0.239. The van der Waals surface area contributed by atoms with Crippen molar-refractivity contribution in [3.63, 3.8) is 0 Å². The first-order valence-corrected chi connectivity index (χ1v) is 14.4. The maximum Gasteiger partial charge on any atom is 0.268 e. The molecule has 0 saturated carbocycles. The number of nitrogens with zero attached hydrogens (tertiary/aromatic N) is 1. The Hall–Kier alpha value is -4.85. The fourth-order valence-electron chi connectivity index (χ4n) is 5.14. The summed E-state index contributed by atoms with van der Waals surface area (Å²) in [6.07, 6.45) is 1.80. The maximum absolute atomic E-state index is 13.6. The van der Waals surface area contributed by atoms with Crippen molar-refractivity contribution in [1.29, 1.82) is 5.26 Å². The minimum absolute atomic E-state index is 0.0526. The molecule has 1 fully saturated rings. The van der Waals surface area contributed by atoms with Gasteiger partial charge in [0.1, 0.15) is 29.8 Å². The zero-order valence-corrected chi connectivity index (χ0v) is 24.6. The number of ketones is 1. The van der Waals surface area contributed by atoms with Gasteiger partial charge < -0.3 is 30.4 Å². The predicted molar refractivity (Wildman–Crippen MR) is 160 cm³/mol. The van der Waals surface area contributed by atoms with Crippen LogP contribution >= 0.6 is 0 Å². The molecule has 0 unspecified atom stereocenters. The Bertz CT molecular complexity index is 1510. The fourth-order valence-corrected chi connectivity index (χ4v) is 5.14. The van der Waals surface area contributed by atoms with Crippen LogP contribution in [0.1, 0.15) is 55.6 Å². The lowest BCUT2D eigenvalue weighted by molar-refractivity contribution is -0.132. The van der Waals surface area contributed by atoms with E-state index in [1.165, 1.54) is 0 Å². The number of ether oxygens (including phenoxy) is 2. The molecule has 4 rings (SSSR count). The molecule has 1 aliphatic rings. The molecular formula is C32H37N5O6. The summed E-state index contributed by atoms with van der Waals surface area (Å²) in [5, 5.41) is 18.2. The number of aromatic nitrogens is 1. The van der Waals surface area contributed by atoms with Gasteiger partial charge in [-0.25, -0.2) is 0 Å². The van der Waals surface area contributed by atoms with E-state index in [0.29, 0.717) is 42.0 Å². The highest BCUT2D eigenvalue weighted by Gasteiger charge is 2.33. The molecule has 0 aliphatic carbocycles. The number of piperidine rings is 1. The van der Waals surface area contributed by atoms with E-state index >= 15 is 0 Å². The van der Waals surface area contributed by atoms with Gasteiger partial charge in [0.25, 0.3) is 5.91 Å². The second-order valence-corrected chi connectivity index (χ2v) is 11.1. The molecule has 1 aromatic heterocycles. The van der Waals surface area contributed by atoms with Crippen LogP contribution in [0.15, 0.2) is 48.5 Å². The average Bonchev–Trinajstić information content (AvgIpc) is 3.45. The van der Waals surface area contributed by atoms with E-state index in [1.807, 2.05) is 32.0 Å². The molecule has 11 heteroatoms. The molecular weight excluding hydrogens is 550 g/mol. The Labute approximate surface area is 250 Å². The van der Waals surface area contributed by atoms with Crippen molar-refractivity contribution in [2.24, 2.45) is 11.8 Å². The highest BCUT2D eigenvalue weighted by atomic mass is 16.5. The van der Waals surface area contributed by atoms with Gasteiger partial charge >= 0.3 is 0 Å². The molecule has 43 heavy (non-hydrogen) atoms. The van der Waals surface area contributed by atoms with Crippen molar-refractivity contribution in [2.75, 3.05) is 20.3 Å². The van der Waals surface area contributed by atoms with Crippen LogP contribution < -0.4 is 25.4 Å². The summed E-state index contributed by atoms with van der Waals surface area (Å²) >= 11 is 0. The van der Waals surface area contributed by atoms with Crippen molar-refractivity contribution in [1.82, 2.24) is 20.9 Å². The van der Waals surface area contributed by atoms with Gasteiger partial charge in [0, 0.05) is 23.4 Å². The molecule has 0 radical (unpaired) electrons. The third-order valence-corrected chi connectivity index (χ3v) is 7.41. The Balaban J connectivity index is 1.50. The number of rotatable bonds is 13. The normalized spacial score (nSPS) is 16.1. The minimum Gasteiger partial charge on any atom is -0.496 e. The van der Waals surface area contributed by atoms with E-state index in [4.69, 9.17) is 14.7 Å². The molecule has 2 heterocycles. The number of benzene rings is 2. The van der Waals surface area contributed by atoms with Crippen molar-refractivity contribution in [3.05, 3.63) is 59.8 Å². The van der Waals surface area contributed by atoms with Gasteiger partial charge in [-0.05, 0) is 74.1 Å². The summed E-state index contributed by atoms with van der Waals surface area (Å²) in [6.45, 7) is 4.09. The number of methoxy groups -OCH3 is 1. The van der Waals surface area contributed by atoms with Gasteiger partial charge in [0.2, 0.25) is 11.8 Å². The van der Waals surface area contributed by atoms with Gasteiger partial charge in [-0.15, -0.1) is 0 Å². The summed E-state index contributed by atoms with van der Waals surface area (Å²) < 4.78 is 11.0. The summed E-state index contributed by atoms with van der Waals surface area (Å²) in [7, 11) is 1.55. The van der Waals surface area contributed by atoms with Crippen molar-refractivity contribution in [3.8, 4) is 17.6 Å². The summed E-state index contributed by atoms with van der Waals surface area (Å²) in [5.41, 5.74) is 1.44. The zero-order chi connectivity index (χ0) is 30.9. The summed E-state index contributed by atoms with van der Waals surface area (Å²) in [4.78, 5) is 55.9. The molecule has 0 spiro atoms. The molecule has 0 bridgehead atoms. The monoisotopic (exact) mass is 587 g/mol. The standard InChI is InChI=1S/C32H37N5O6/c1-19(2)14-26(37-32(41)27-16-23-24(35-27)7-4-8-29(23)42-3)31(40)36-25(15-21-6-5-13-34-30(21)39)28(38)18-43-22-11-9-20(17-33)10-12-22/h4,7-12,16,19,21,25-26,35H,5-6,13-15,18H2,1-3H3,(H,34,39)(H,36,40)(H,37,41)/t21-,25-,26-/m0/s1. The summed E-state index contributed by atoms with van der Waals surface area (Å²) in [6, 6.07) is 13.5. The van der Waals surface area contributed by atoms with Gasteiger partial charge in [-0.1, -0.05) is 19.9 Å². The van der Waals surface area contributed by atoms with Crippen LogP contribution in [-0.4, -0.2) is 60.8 Å². The largest absolute Gasteiger partial charge is 0.496 e. The van der Waals surface area contributed by atoms with E-state index in [0.717, 1.165) is 11.8 Å². The van der Waals surface area contributed by atoms with E-state index in [2.05, 4.69) is 20.9 Å². The molecule has 2 aromatic carbocycles. The highest BCUT2D eigenvalue weighted by Crippen LogP contribution is 2.26. The summed E-state index contributed by atoms with van der Waals surface area (Å²) in [5.74, 6) is -0.954. The van der Waals surface area contributed by atoms with E-state index in [9.17, 15) is 19.2 Å². The molecule has 11 nitrogen and oxygen atoms in total. The molecule has 3 aromatic rings. The zero-order valence-electron chi connectivity index (χ0n) is 24.6. The van der Waals surface area contributed by atoms with Crippen LogP contribution in [0.2, 0.25) is 0 Å². The number of fused-ring (bicyclic) bond motifs is 1. The lowest BCUT2D eigenvalue weighted by atomic mass is 9.90. The average molecular weight is 588 g/mol. The maximum atomic E-state index is 13.6. The van der Waals surface area contributed by atoms with Gasteiger partial charge in [0.05, 0.1) is 24.8 Å². The van der Waals surface area contributed by atoms with Gasteiger partial charge in [-0.3, -0.25) is 19.2 Å². The molecule has 3 amide bonds. The molecule has 4 N–H and O–H groups in total. The van der Waals surface area contributed by atoms with Crippen molar-refractivity contribution < 1.29 is 28.7 Å². The van der Waals surface area contributed by atoms with Gasteiger partial charge in [0.15, 0.2) is 5.78 Å². The lowest BCUT2D eigenvalue weighted by Crippen LogP contribution is -2.54. The number of amides is 3. The minimum atomic E-state index is -1.01. The first-order valence-electron chi connectivity index (χ1n) is 14.4. The lowest BCUT2D eigenvalue weighted by Gasteiger charge is -2.28. The Morgan fingerprint density at radius 2 is 1.86 bits per heavy atom. The smallest absolute Gasteiger partial charge is 0.268 e. The van der Waals surface area contributed by atoms with Crippen LogP contribution in [-0.2, 0) is 14.4 Å². The molecule has 1 aliphatic heterocycles. The number of hydrogen-bond donors (Lipinski definition) is 4. The molecule has 1 saturated heterocycles. The number of Topliss-reactive ketones (excluding diaryl/α,β-unsaturated/α-hetero) is 1. The predicted octanol–water partition coefficient (Wildman–Crippen LogP) is 3.24.